The molecule has 0 atom stereocenters. The second-order valence-electron chi connectivity index (χ2n) is 4.60. The highest BCUT2D eigenvalue weighted by Crippen LogP contribution is 2.17. The fourth-order valence-corrected chi connectivity index (χ4v) is 1.88. The Labute approximate surface area is 110 Å². The lowest BCUT2D eigenvalue weighted by Crippen LogP contribution is -2.07. The summed E-state index contributed by atoms with van der Waals surface area (Å²) in [7, 11) is 0. The molecule has 0 aliphatic rings. The zero-order chi connectivity index (χ0) is 14.0. The summed E-state index contributed by atoms with van der Waals surface area (Å²) in [6.07, 6.45) is -0.263. The van der Waals surface area contributed by atoms with Crippen LogP contribution in [-0.4, -0.2) is 5.78 Å². The molecule has 0 bridgehead atoms. The lowest BCUT2D eigenvalue weighted by molar-refractivity contribution is 0.0990. The van der Waals surface area contributed by atoms with Crippen LogP contribution in [0.25, 0.3) is 0 Å². The van der Waals surface area contributed by atoms with Crippen LogP contribution in [0.4, 0.5) is 8.78 Å². The van der Waals surface area contributed by atoms with Gasteiger partial charge in [-0.15, -0.1) is 0 Å². The first-order valence-electron chi connectivity index (χ1n) is 6.02. The van der Waals surface area contributed by atoms with Crippen LogP contribution in [-0.2, 0) is 6.42 Å². The summed E-state index contributed by atoms with van der Waals surface area (Å²) < 4.78 is 27.0. The zero-order valence-corrected chi connectivity index (χ0v) is 10.8. The van der Waals surface area contributed by atoms with E-state index in [1.807, 2.05) is 19.9 Å². The first kappa shape index (κ1) is 13.4. The van der Waals surface area contributed by atoms with E-state index >= 15 is 0 Å². The Bertz CT molecular complexity index is 612. The lowest BCUT2D eigenvalue weighted by Gasteiger charge is -2.06. The van der Waals surface area contributed by atoms with Crippen LogP contribution in [0.15, 0.2) is 36.4 Å². The van der Waals surface area contributed by atoms with Crippen LogP contribution >= 0.6 is 0 Å². The monoisotopic (exact) mass is 260 g/mol. The van der Waals surface area contributed by atoms with Gasteiger partial charge in [0.15, 0.2) is 5.78 Å². The van der Waals surface area contributed by atoms with Crippen LogP contribution in [0.2, 0.25) is 0 Å². The zero-order valence-electron chi connectivity index (χ0n) is 10.8. The summed E-state index contributed by atoms with van der Waals surface area (Å²) in [5.41, 5.74) is 2.37. The number of carbonyl (C=O) groups is 1. The number of ketones is 1. The van der Waals surface area contributed by atoms with Crippen molar-refractivity contribution in [3.8, 4) is 0 Å². The molecule has 1 nitrogen and oxygen atoms in total. The van der Waals surface area contributed by atoms with Gasteiger partial charge < -0.3 is 0 Å². The molecule has 2 aromatic carbocycles. The first-order chi connectivity index (χ1) is 8.99. The number of aryl methyl sites for hydroxylation is 2. The van der Waals surface area contributed by atoms with Crippen molar-refractivity contribution in [1.29, 1.82) is 0 Å². The molecule has 0 aromatic heterocycles. The molecule has 0 aliphatic carbocycles. The van der Waals surface area contributed by atoms with Gasteiger partial charge in [-0.3, -0.25) is 4.79 Å². The molecule has 0 unspecified atom stereocenters. The Morgan fingerprint density at radius 2 is 1.63 bits per heavy atom. The van der Waals surface area contributed by atoms with Crippen molar-refractivity contribution in [2.45, 2.75) is 20.3 Å². The van der Waals surface area contributed by atoms with Gasteiger partial charge in [-0.25, -0.2) is 8.78 Å². The number of halogens is 2. The summed E-state index contributed by atoms with van der Waals surface area (Å²) in [4.78, 5) is 12.0. The third-order valence-corrected chi connectivity index (χ3v) is 3.23. The van der Waals surface area contributed by atoms with Crippen molar-refractivity contribution in [1.82, 2.24) is 0 Å². The van der Waals surface area contributed by atoms with Gasteiger partial charge in [0, 0.05) is 17.5 Å². The SMILES string of the molecule is Cc1ccc(C(=O)Cc2c(F)cccc2F)cc1C. The quantitative estimate of drug-likeness (QED) is 0.762. The van der Waals surface area contributed by atoms with Crippen LogP contribution < -0.4 is 0 Å². The van der Waals surface area contributed by atoms with Gasteiger partial charge in [0.05, 0.1) is 0 Å². The summed E-state index contributed by atoms with van der Waals surface area (Å²) in [5, 5.41) is 0. The molecule has 0 N–H and O–H groups in total. The fraction of sp³-hybridized carbons (Fsp3) is 0.188. The van der Waals surface area contributed by atoms with Gasteiger partial charge in [0.25, 0.3) is 0 Å². The van der Waals surface area contributed by atoms with Crippen molar-refractivity contribution in [3.63, 3.8) is 0 Å². The van der Waals surface area contributed by atoms with Crippen LogP contribution in [0.3, 0.4) is 0 Å². The van der Waals surface area contributed by atoms with E-state index in [9.17, 15) is 13.6 Å². The average molecular weight is 260 g/mol. The molecule has 3 heteroatoms. The minimum absolute atomic E-state index is 0.175. The van der Waals surface area contributed by atoms with Gasteiger partial charge in [0.2, 0.25) is 0 Å². The normalized spacial score (nSPS) is 10.5. The topological polar surface area (TPSA) is 17.1 Å². The first-order valence-corrected chi connectivity index (χ1v) is 6.02. The molecule has 0 radical (unpaired) electrons. The van der Waals surface area contributed by atoms with Gasteiger partial charge in [-0.05, 0) is 43.2 Å². The van der Waals surface area contributed by atoms with E-state index < -0.39 is 11.6 Å². The highest BCUT2D eigenvalue weighted by Gasteiger charge is 2.14. The van der Waals surface area contributed by atoms with E-state index in [2.05, 4.69) is 0 Å². The maximum Gasteiger partial charge on any atom is 0.167 e. The van der Waals surface area contributed by atoms with Gasteiger partial charge in [-0.1, -0.05) is 18.2 Å². The predicted octanol–water partition coefficient (Wildman–Crippen LogP) is 4.01. The van der Waals surface area contributed by atoms with Crippen LogP contribution in [0.1, 0.15) is 27.0 Å². The molecule has 0 saturated heterocycles. The molecular weight excluding hydrogens is 246 g/mol. The van der Waals surface area contributed by atoms with Crippen molar-refractivity contribution in [2.75, 3.05) is 0 Å². The molecule has 2 rings (SSSR count). The van der Waals surface area contributed by atoms with E-state index in [4.69, 9.17) is 0 Å². The highest BCUT2D eigenvalue weighted by molar-refractivity contribution is 5.97. The number of benzene rings is 2. The lowest BCUT2D eigenvalue weighted by atomic mass is 9.99. The van der Waals surface area contributed by atoms with Crippen LogP contribution in [0, 0.1) is 25.5 Å². The Hall–Kier alpha value is -2.03. The van der Waals surface area contributed by atoms with Gasteiger partial charge >= 0.3 is 0 Å². The molecule has 0 amide bonds. The second kappa shape index (κ2) is 5.31. The van der Waals surface area contributed by atoms with Crippen molar-refractivity contribution in [3.05, 3.63) is 70.3 Å². The number of rotatable bonds is 3. The number of hydrogen-bond acceptors (Lipinski definition) is 1. The summed E-state index contributed by atoms with van der Waals surface area (Å²) in [5.74, 6) is -1.65. The molecule has 0 saturated carbocycles. The van der Waals surface area contributed by atoms with Crippen molar-refractivity contribution >= 4 is 5.78 Å². The molecule has 0 aliphatic heterocycles. The minimum atomic E-state index is -0.683. The van der Waals surface area contributed by atoms with Crippen molar-refractivity contribution < 1.29 is 13.6 Å². The Kier molecular flexibility index (Phi) is 3.74. The molecule has 2 aromatic rings. The second-order valence-corrected chi connectivity index (χ2v) is 4.60. The fourth-order valence-electron chi connectivity index (χ4n) is 1.88. The molecule has 98 valence electrons. The third-order valence-electron chi connectivity index (χ3n) is 3.23. The number of carbonyl (C=O) groups excluding carboxylic acids is 1. The van der Waals surface area contributed by atoms with Crippen LogP contribution in [0.5, 0.6) is 0 Å². The summed E-state index contributed by atoms with van der Waals surface area (Å²) in [6, 6.07) is 8.87. The van der Waals surface area contributed by atoms with E-state index in [-0.39, 0.29) is 17.8 Å². The minimum Gasteiger partial charge on any atom is -0.294 e. The molecule has 0 heterocycles. The molecule has 0 spiro atoms. The average Bonchev–Trinajstić information content (AvgIpc) is 2.37. The highest BCUT2D eigenvalue weighted by atomic mass is 19.1. The van der Waals surface area contributed by atoms with E-state index in [0.717, 1.165) is 23.3 Å². The maximum atomic E-state index is 13.5. The van der Waals surface area contributed by atoms with E-state index in [0.29, 0.717) is 5.56 Å². The van der Waals surface area contributed by atoms with Crippen molar-refractivity contribution in [2.24, 2.45) is 0 Å². The number of Topliss-reactive ketones (excluding diaryl/α,β-unsaturated/α-hetero) is 1. The Balaban J connectivity index is 2.28. The summed E-state index contributed by atoms with van der Waals surface area (Å²) in [6.45, 7) is 3.84. The molecule has 0 fully saturated rings. The van der Waals surface area contributed by atoms with Gasteiger partial charge in [-0.2, -0.15) is 0 Å². The largest absolute Gasteiger partial charge is 0.294 e. The smallest absolute Gasteiger partial charge is 0.167 e. The van der Waals surface area contributed by atoms with E-state index in [1.165, 1.54) is 6.07 Å². The molecule has 19 heavy (non-hydrogen) atoms. The standard InChI is InChI=1S/C16H14F2O/c1-10-6-7-12(8-11(10)2)16(19)9-13-14(17)4-3-5-15(13)18/h3-8H,9H2,1-2H3. The van der Waals surface area contributed by atoms with Gasteiger partial charge in [0.1, 0.15) is 11.6 Å². The Morgan fingerprint density at radius 1 is 1.00 bits per heavy atom. The number of hydrogen-bond donors (Lipinski definition) is 0. The Morgan fingerprint density at radius 3 is 2.21 bits per heavy atom. The molecular formula is C16H14F2O. The van der Waals surface area contributed by atoms with E-state index in [1.54, 1.807) is 12.1 Å². The maximum absolute atomic E-state index is 13.5. The predicted molar refractivity (Wildman–Crippen MR) is 70.3 cm³/mol. The summed E-state index contributed by atoms with van der Waals surface area (Å²) >= 11 is 0. The third kappa shape index (κ3) is 2.87.